The Morgan fingerprint density at radius 2 is 1.46 bits per heavy atom. The summed E-state index contributed by atoms with van der Waals surface area (Å²) in [7, 11) is -3.81. The molecule has 1 aliphatic heterocycles. The standard InChI is InChI=1S/C33H41N3O4S/c1-26-17-19-28(20-18-26)41(39,40)35(23-11-2-4-16-33(38)34-21-9-3-10-22-34)24-27(37)25-36-31-14-7-5-12-29(31)30-13-6-8-15-32(30)36/h5-8,12-15,17-20,27,37H,2-4,9-11,16,21-25H2,1H3/t27-/m0/s1. The molecule has 218 valence electrons. The van der Waals surface area contributed by atoms with Crippen LogP contribution in [0.5, 0.6) is 0 Å². The predicted molar refractivity (Wildman–Crippen MR) is 164 cm³/mol. The van der Waals surface area contributed by atoms with Gasteiger partial charge in [0, 0.05) is 54.4 Å². The van der Waals surface area contributed by atoms with Crippen molar-refractivity contribution in [2.24, 2.45) is 0 Å². The molecule has 7 nitrogen and oxygen atoms in total. The fourth-order valence-corrected chi connectivity index (χ4v) is 7.43. The fraction of sp³-hybridized carbons (Fsp3) is 0.424. The van der Waals surface area contributed by atoms with Crippen molar-refractivity contribution in [3.63, 3.8) is 0 Å². The Morgan fingerprint density at radius 3 is 2.10 bits per heavy atom. The van der Waals surface area contributed by atoms with E-state index in [1.165, 1.54) is 10.7 Å². The molecule has 41 heavy (non-hydrogen) atoms. The first-order valence-electron chi connectivity index (χ1n) is 14.8. The number of fused-ring (bicyclic) bond motifs is 3. The molecule has 1 aliphatic rings. The average molecular weight is 576 g/mol. The van der Waals surface area contributed by atoms with Gasteiger partial charge in [0.2, 0.25) is 15.9 Å². The Balaban J connectivity index is 1.28. The maximum Gasteiger partial charge on any atom is 0.243 e. The molecule has 5 rings (SSSR count). The van der Waals surface area contributed by atoms with Gasteiger partial charge in [0.05, 0.1) is 17.5 Å². The average Bonchev–Trinajstić information content (AvgIpc) is 3.30. The van der Waals surface area contributed by atoms with Crippen LogP contribution in [-0.4, -0.2) is 65.5 Å². The van der Waals surface area contributed by atoms with Crippen molar-refractivity contribution < 1.29 is 18.3 Å². The minimum atomic E-state index is -3.81. The lowest BCUT2D eigenvalue weighted by atomic mass is 10.1. The van der Waals surface area contributed by atoms with Gasteiger partial charge in [-0.25, -0.2) is 8.42 Å². The van der Waals surface area contributed by atoms with Crippen LogP contribution < -0.4 is 0 Å². The number of piperidine rings is 1. The van der Waals surface area contributed by atoms with Crippen LogP contribution in [-0.2, 0) is 21.4 Å². The third kappa shape index (κ3) is 6.83. The number of likely N-dealkylation sites (tertiary alicyclic amines) is 1. The van der Waals surface area contributed by atoms with Crippen LogP contribution in [0, 0.1) is 6.92 Å². The van der Waals surface area contributed by atoms with E-state index in [-0.39, 0.29) is 23.9 Å². The molecule has 1 atom stereocenters. The Kier molecular flexibility index (Phi) is 9.42. The number of aliphatic hydroxyl groups excluding tert-OH is 1. The maximum atomic E-state index is 13.7. The molecule has 3 aromatic carbocycles. The molecule has 0 saturated carbocycles. The van der Waals surface area contributed by atoms with Gasteiger partial charge in [-0.2, -0.15) is 4.31 Å². The molecule has 0 unspecified atom stereocenters. The van der Waals surface area contributed by atoms with Crippen LogP contribution in [0.2, 0.25) is 0 Å². The topological polar surface area (TPSA) is 82.8 Å². The molecule has 1 saturated heterocycles. The van der Waals surface area contributed by atoms with Crippen LogP contribution >= 0.6 is 0 Å². The highest BCUT2D eigenvalue weighted by Gasteiger charge is 2.27. The largest absolute Gasteiger partial charge is 0.390 e. The van der Waals surface area contributed by atoms with Gasteiger partial charge in [0.15, 0.2) is 0 Å². The molecule has 1 N–H and O–H groups in total. The predicted octanol–water partition coefficient (Wildman–Crippen LogP) is 5.73. The van der Waals surface area contributed by atoms with E-state index < -0.39 is 16.1 Å². The lowest BCUT2D eigenvalue weighted by Crippen LogP contribution is -2.39. The first-order valence-corrected chi connectivity index (χ1v) is 16.3. The van der Waals surface area contributed by atoms with Crippen molar-refractivity contribution in [2.75, 3.05) is 26.2 Å². The smallest absolute Gasteiger partial charge is 0.243 e. The number of amides is 1. The Bertz CT molecular complexity index is 1520. The summed E-state index contributed by atoms with van der Waals surface area (Å²) in [5.41, 5.74) is 3.01. The highest BCUT2D eigenvalue weighted by molar-refractivity contribution is 7.89. The second kappa shape index (κ2) is 13.2. The van der Waals surface area contributed by atoms with Crippen molar-refractivity contribution in [1.82, 2.24) is 13.8 Å². The summed E-state index contributed by atoms with van der Waals surface area (Å²) < 4.78 is 31.0. The number of nitrogens with zero attached hydrogens (tertiary/aromatic N) is 3. The second-order valence-electron chi connectivity index (χ2n) is 11.2. The molecule has 0 spiro atoms. The van der Waals surface area contributed by atoms with Gasteiger partial charge in [0.25, 0.3) is 0 Å². The molecule has 0 radical (unpaired) electrons. The number of para-hydroxylation sites is 2. The number of carbonyl (C=O) groups excluding carboxylic acids is 1. The van der Waals surface area contributed by atoms with E-state index in [1.807, 2.05) is 48.2 Å². The van der Waals surface area contributed by atoms with E-state index in [0.29, 0.717) is 19.4 Å². The van der Waals surface area contributed by atoms with Gasteiger partial charge in [-0.3, -0.25) is 4.79 Å². The fourth-order valence-electron chi connectivity index (χ4n) is 5.92. The summed E-state index contributed by atoms with van der Waals surface area (Å²) in [4.78, 5) is 14.7. The number of aliphatic hydroxyl groups is 1. The molecule has 1 aromatic heterocycles. The van der Waals surface area contributed by atoms with Crippen LogP contribution in [0.4, 0.5) is 0 Å². The van der Waals surface area contributed by atoms with Crippen molar-refractivity contribution >= 4 is 37.7 Å². The quantitative estimate of drug-likeness (QED) is 0.219. The maximum absolute atomic E-state index is 13.7. The first kappa shape index (κ1) is 29.3. The zero-order valence-electron chi connectivity index (χ0n) is 23.9. The minimum absolute atomic E-state index is 0.0102. The number of aryl methyl sites for hydroxylation is 1. The summed E-state index contributed by atoms with van der Waals surface area (Å²) in [6, 6.07) is 23.1. The summed E-state index contributed by atoms with van der Waals surface area (Å²) in [6.45, 7) is 4.19. The van der Waals surface area contributed by atoms with Crippen molar-refractivity contribution in [3.05, 3.63) is 78.4 Å². The molecular weight excluding hydrogens is 534 g/mol. The monoisotopic (exact) mass is 575 g/mol. The summed E-state index contributed by atoms with van der Waals surface area (Å²) in [5.74, 6) is 0.204. The number of hydrogen-bond donors (Lipinski definition) is 1. The minimum Gasteiger partial charge on any atom is -0.390 e. The Hall–Kier alpha value is -3.20. The van der Waals surface area contributed by atoms with Crippen molar-refractivity contribution in [2.45, 2.75) is 69.4 Å². The van der Waals surface area contributed by atoms with Crippen molar-refractivity contribution in [1.29, 1.82) is 0 Å². The lowest BCUT2D eigenvalue weighted by Gasteiger charge is -2.27. The number of rotatable bonds is 12. The molecule has 0 bridgehead atoms. The molecular formula is C33H41N3O4S. The SMILES string of the molecule is Cc1ccc(S(=O)(=O)N(CCCCCC(=O)N2CCCCC2)C[C@H](O)Cn2c3ccccc3c3ccccc32)cc1. The highest BCUT2D eigenvalue weighted by atomic mass is 32.2. The van der Waals surface area contributed by atoms with Gasteiger partial charge in [-0.1, -0.05) is 60.5 Å². The Morgan fingerprint density at radius 1 is 0.854 bits per heavy atom. The number of benzene rings is 3. The number of sulfonamides is 1. The molecule has 1 fully saturated rings. The number of hydrogen-bond acceptors (Lipinski definition) is 4. The normalized spacial score (nSPS) is 15.1. The number of carbonyl (C=O) groups is 1. The van der Waals surface area contributed by atoms with E-state index in [0.717, 1.165) is 66.1 Å². The lowest BCUT2D eigenvalue weighted by molar-refractivity contribution is -0.132. The second-order valence-corrected chi connectivity index (χ2v) is 13.2. The molecule has 1 amide bonds. The van der Waals surface area contributed by atoms with Crippen molar-refractivity contribution in [3.8, 4) is 0 Å². The van der Waals surface area contributed by atoms with E-state index in [4.69, 9.17) is 0 Å². The third-order valence-electron chi connectivity index (χ3n) is 8.15. The van der Waals surface area contributed by atoms with Gasteiger partial charge in [0.1, 0.15) is 0 Å². The Labute approximate surface area is 243 Å². The summed E-state index contributed by atoms with van der Waals surface area (Å²) >= 11 is 0. The molecule has 4 aromatic rings. The van der Waals surface area contributed by atoms with Gasteiger partial charge >= 0.3 is 0 Å². The number of unbranched alkanes of at least 4 members (excludes halogenated alkanes) is 2. The van der Waals surface area contributed by atoms with Gasteiger partial charge in [-0.15, -0.1) is 0 Å². The zero-order chi connectivity index (χ0) is 28.8. The summed E-state index contributed by atoms with van der Waals surface area (Å²) in [6.07, 6.45) is 5.05. The first-order chi connectivity index (χ1) is 19.8. The van der Waals surface area contributed by atoms with E-state index in [9.17, 15) is 18.3 Å². The number of aromatic nitrogens is 1. The van der Waals surface area contributed by atoms with E-state index >= 15 is 0 Å². The third-order valence-corrected chi connectivity index (χ3v) is 10.0. The van der Waals surface area contributed by atoms with Crippen LogP contribution in [0.25, 0.3) is 21.8 Å². The van der Waals surface area contributed by atoms with Crippen LogP contribution in [0.1, 0.15) is 50.5 Å². The van der Waals surface area contributed by atoms with E-state index in [1.54, 1.807) is 24.3 Å². The summed E-state index contributed by atoms with van der Waals surface area (Å²) in [5, 5.41) is 13.5. The van der Waals surface area contributed by atoms with Gasteiger partial charge in [-0.05, 0) is 63.3 Å². The van der Waals surface area contributed by atoms with Crippen LogP contribution in [0.3, 0.4) is 0 Å². The van der Waals surface area contributed by atoms with Crippen LogP contribution in [0.15, 0.2) is 77.7 Å². The highest BCUT2D eigenvalue weighted by Crippen LogP contribution is 2.29. The van der Waals surface area contributed by atoms with Gasteiger partial charge < -0.3 is 14.6 Å². The zero-order valence-corrected chi connectivity index (χ0v) is 24.7. The molecule has 8 heteroatoms. The molecule has 2 heterocycles. The molecule has 0 aliphatic carbocycles. The van der Waals surface area contributed by atoms with E-state index in [2.05, 4.69) is 16.7 Å².